The van der Waals surface area contributed by atoms with E-state index in [1.807, 2.05) is 24.3 Å². The number of nitrogens with zero attached hydrogens (tertiary/aromatic N) is 2. The fourth-order valence-electron chi connectivity index (χ4n) is 1.84. The summed E-state index contributed by atoms with van der Waals surface area (Å²) in [5.41, 5.74) is 0.931. The van der Waals surface area contributed by atoms with Crippen molar-refractivity contribution >= 4 is 12.0 Å². The Hall–Kier alpha value is -2.50. The Labute approximate surface area is 124 Å². The molecule has 0 aliphatic carbocycles. The lowest BCUT2D eigenvalue weighted by atomic mass is 10.2. The molecule has 0 spiro atoms. The van der Waals surface area contributed by atoms with Crippen LogP contribution in [-0.4, -0.2) is 54.2 Å². The first kappa shape index (κ1) is 16.6. The van der Waals surface area contributed by atoms with Crippen LogP contribution < -0.4 is 4.74 Å². The van der Waals surface area contributed by atoms with Crippen molar-refractivity contribution in [2.75, 3.05) is 27.2 Å². The van der Waals surface area contributed by atoms with Crippen molar-refractivity contribution in [2.24, 2.45) is 0 Å². The molecule has 0 unspecified atom stereocenters. The highest BCUT2D eigenvalue weighted by Gasteiger charge is 2.19. The standard InChI is InChI=1S/C15H20N2O4/c1-4-9-17(11-14(18)19)15(20)16(2)10-12-5-7-13(21-3)8-6-12/h4-8H,1,9-11H2,2-3H3,(H,18,19). The Morgan fingerprint density at radius 2 is 1.95 bits per heavy atom. The van der Waals surface area contributed by atoms with Crippen LogP contribution >= 0.6 is 0 Å². The number of carbonyl (C=O) groups is 2. The van der Waals surface area contributed by atoms with Gasteiger partial charge in [0.05, 0.1) is 7.11 Å². The SMILES string of the molecule is C=CCN(CC(=O)O)C(=O)N(C)Cc1ccc(OC)cc1. The quantitative estimate of drug-likeness (QED) is 0.778. The Morgan fingerprint density at radius 3 is 2.43 bits per heavy atom. The number of amides is 2. The molecular weight excluding hydrogens is 272 g/mol. The van der Waals surface area contributed by atoms with Gasteiger partial charge in [-0.1, -0.05) is 18.2 Å². The van der Waals surface area contributed by atoms with Gasteiger partial charge in [0, 0.05) is 20.1 Å². The fourth-order valence-corrected chi connectivity index (χ4v) is 1.84. The van der Waals surface area contributed by atoms with Gasteiger partial charge in [0.25, 0.3) is 0 Å². The van der Waals surface area contributed by atoms with Gasteiger partial charge < -0.3 is 19.6 Å². The number of carboxylic acids is 1. The zero-order valence-electron chi connectivity index (χ0n) is 12.3. The zero-order valence-corrected chi connectivity index (χ0v) is 12.3. The van der Waals surface area contributed by atoms with E-state index >= 15 is 0 Å². The molecule has 2 amide bonds. The molecule has 1 aromatic rings. The molecule has 0 heterocycles. The van der Waals surface area contributed by atoms with Crippen molar-refractivity contribution in [1.82, 2.24) is 9.80 Å². The lowest BCUT2D eigenvalue weighted by Crippen LogP contribution is -2.43. The van der Waals surface area contributed by atoms with Crippen LogP contribution in [0.1, 0.15) is 5.56 Å². The van der Waals surface area contributed by atoms with Gasteiger partial charge >= 0.3 is 12.0 Å². The number of urea groups is 1. The molecule has 0 saturated carbocycles. The van der Waals surface area contributed by atoms with Crippen LogP contribution in [0, 0.1) is 0 Å². The van der Waals surface area contributed by atoms with E-state index in [2.05, 4.69) is 6.58 Å². The molecule has 0 fully saturated rings. The van der Waals surface area contributed by atoms with E-state index in [1.54, 1.807) is 14.2 Å². The minimum Gasteiger partial charge on any atom is -0.497 e. The molecule has 0 atom stereocenters. The predicted octanol–water partition coefficient (Wildman–Crippen LogP) is 1.82. The number of aliphatic carboxylic acids is 1. The number of carbonyl (C=O) groups excluding carboxylic acids is 1. The molecule has 0 radical (unpaired) electrons. The van der Waals surface area contributed by atoms with Gasteiger partial charge in [-0.05, 0) is 17.7 Å². The minimum atomic E-state index is -1.05. The molecular formula is C15H20N2O4. The molecule has 6 heteroatoms. The minimum absolute atomic E-state index is 0.193. The fraction of sp³-hybridized carbons (Fsp3) is 0.333. The average Bonchev–Trinajstić information content (AvgIpc) is 2.46. The van der Waals surface area contributed by atoms with Crippen LogP contribution in [0.2, 0.25) is 0 Å². The van der Waals surface area contributed by atoms with Gasteiger partial charge in [-0.15, -0.1) is 6.58 Å². The van der Waals surface area contributed by atoms with E-state index in [9.17, 15) is 9.59 Å². The normalized spacial score (nSPS) is 9.81. The summed E-state index contributed by atoms with van der Waals surface area (Å²) in [6, 6.07) is 6.99. The van der Waals surface area contributed by atoms with E-state index in [1.165, 1.54) is 15.9 Å². The van der Waals surface area contributed by atoms with Crippen LogP contribution in [0.4, 0.5) is 4.79 Å². The number of rotatable bonds is 7. The van der Waals surface area contributed by atoms with Crippen molar-refractivity contribution in [3.8, 4) is 5.75 Å². The maximum atomic E-state index is 12.2. The van der Waals surface area contributed by atoms with E-state index in [0.717, 1.165) is 11.3 Å². The van der Waals surface area contributed by atoms with E-state index in [4.69, 9.17) is 9.84 Å². The van der Waals surface area contributed by atoms with Gasteiger partial charge in [-0.3, -0.25) is 4.79 Å². The Balaban J connectivity index is 2.70. The molecule has 0 aliphatic rings. The maximum absolute atomic E-state index is 12.2. The van der Waals surface area contributed by atoms with Gasteiger partial charge in [-0.2, -0.15) is 0 Å². The van der Waals surface area contributed by atoms with Gasteiger partial charge in [0.1, 0.15) is 12.3 Å². The van der Waals surface area contributed by atoms with Crippen LogP contribution in [0.15, 0.2) is 36.9 Å². The van der Waals surface area contributed by atoms with E-state index in [-0.39, 0.29) is 19.1 Å². The zero-order chi connectivity index (χ0) is 15.8. The molecule has 114 valence electrons. The third-order valence-corrected chi connectivity index (χ3v) is 2.85. The summed E-state index contributed by atoms with van der Waals surface area (Å²) in [5, 5.41) is 8.83. The molecule has 0 bridgehead atoms. The lowest BCUT2D eigenvalue weighted by molar-refractivity contribution is -0.137. The second kappa shape index (κ2) is 7.94. The number of benzene rings is 1. The lowest BCUT2D eigenvalue weighted by Gasteiger charge is -2.26. The van der Waals surface area contributed by atoms with Crippen LogP contribution in [0.25, 0.3) is 0 Å². The first-order chi connectivity index (χ1) is 9.97. The topological polar surface area (TPSA) is 70.1 Å². The monoisotopic (exact) mass is 292 g/mol. The summed E-state index contributed by atoms with van der Waals surface area (Å²) in [5.74, 6) is -0.310. The average molecular weight is 292 g/mol. The summed E-state index contributed by atoms with van der Waals surface area (Å²) >= 11 is 0. The molecule has 6 nitrogen and oxygen atoms in total. The third-order valence-electron chi connectivity index (χ3n) is 2.85. The second-order valence-corrected chi connectivity index (χ2v) is 4.55. The maximum Gasteiger partial charge on any atom is 0.323 e. The van der Waals surface area contributed by atoms with Crippen molar-refractivity contribution in [1.29, 1.82) is 0 Å². The summed E-state index contributed by atoms with van der Waals surface area (Å²) in [7, 11) is 3.22. The smallest absolute Gasteiger partial charge is 0.323 e. The van der Waals surface area contributed by atoms with Gasteiger partial charge in [-0.25, -0.2) is 4.79 Å². The highest BCUT2D eigenvalue weighted by Crippen LogP contribution is 2.13. The molecule has 21 heavy (non-hydrogen) atoms. The Kier molecular flexibility index (Phi) is 6.26. The molecule has 0 aliphatic heterocycles. The highest BCUT2D eigenvalue weighted by molar-refractivity contribution is 5.80. The first-order valence-corrected chi connectivity index (χ1v) is 6.43. The van der Waals surface area contributed by atoms with Gasteiger partial charge in [0.15, 0.2) is 0 Å². The van der Waals surface area contributed by atoms with E-state index < -0.39 is 5.97 Å². The van der Waals surface area contributed by atoms with Crippen molar-refractivity contribution in [2.45, 2.75) is 6.54 Å². The van der Waals surface area contributed by atoms with Crippen LogP contribution in [-0.2, 0) is 11.3 Å². The number of hydrogen-bond acceptors (Lipinski definition) is 3. The number of ether oxygens (including phenoxy) is 1. The molecule has 1 N–H and O–H groups in total. The molecule has 0 aromatic heterocycles. The summed E-state index contributed by atoms with van der Waals surface area (Å²) in [4.78, 5) is 25.7. The third kappa shape index (κ3) is 5.18. The number of hydrogen-bond donors (Lipinski definition) is 1. The summed E-state index contributed by atoms with van der Waals surface area (Å²) in [6.07, 6.45) is 1.50. The molecule has 0 saturated heterocycles. The van der Waals surface area contributed by atoms with Gasteiger partial charge in [0.2, 0.25) is 0 Å². The Bertz CT molecular complexity index is 499. The number of carboxylic acid groups (broad SMARTS) is 1. The summed E-state index contributed by atoms with van der Waals surface area (Å²) < 4.78 is 5.07. The largest absolute Gasteiger partial charge is 0.497 e. The highest BCUT2D eigenvalue weighted by atomic mass is 16.5. The predicted molar refractivity (Wildman–Crippen MR) is 79.3 cm³/mol. The first-order valence-electron chi connectivity index (χ1n) is 6.43. The van der Waals surface area contributed by atoms with Crippen LogP contribution in [0.3, 0.4) is 0 Å². The van der Waals surface area contributed by atoms with Crippen molar-refractivity contribution in [3.05, 3.63) is 42.5 Å². The molecule has 1 rings (SSSR count). The number of methoxy groups -OCH3 is 1. The Morgan fingerprint density at radius 1 is 1.33 bits per heavy atom. The van der Waals surface area contributed by atoms with Crippen LogP contribution in [0.5, 0.6) is 5.75 Å². The van der Waals surface area contributed by atoms with E-state index in [0.29, 0.717) is 6.54 Å². The second-order valence-electron chi connectivity index (χ2n) is 4.55. The van der Waals surface area contributed by atoms with Crippen molar-refractivity contribution < 1.29 is 19.4 Å². The van der Waals surface area contributed by atoms with Crippen molar-refractivity contribution in [3.63, 3.8) is 0 Å². The summed E-state index contributed by atoms with van der Waals surface area (Å²) in [6.45, 7) is 3.76. The molecule has 1 aromatic carbocycles.